The molecular weight excluding hydrogens is 300 g/mol. The van der Waals surface area contributed by atoms with Crippen molar-refractivity contribution >= 4 is 10.0 Å². The minimum Gasteiger partial charge on any atom is -0.390 e. The molecule has 1 atom stereocenters. The van der Waals surface area contributed by atoms with Gasteiger partial charge in [0.05, 0.1) is 10.5 Å². The van der Waals surface area contributed by atoms with Gasteiger partial charge in [-0.2, -0.15) is 4.31 Å². The first-order valence-corrected chi connectivity index (χ1v) is 9.11. The minimum absolute atomic E-state index is 0.330. The first-order chi connectivity index (χ1) is 10.2. The Hall–Kier alpha value is -0.950. The largest absolute Gasteiger partial charge is 0.390 e. The Balaban J connectivity index is 2.16. The van der Waals surface area contributed by atoms with Crippen molar-refractivity contribution in [2.75, 3.05) is 27.2 Å². The Morgan fingerprint density at radius 1 is 1.18 bits per heavy atom. The molecule has 6 heteroatoms. The first kappa shape index (κ1) is 17.4. The Bertz CT molecular complexity index is 594. The van der Waals surface area contributed by atoms with Crippen LogP contribution in [0, 0.1) is 0 Å². The molecule has 1 fully saturated rings. The van der Waals surface area contributed by atoms with Gasteiger partial charge >= 0.3 is 0 Å². The monoisotopic (exact) mass is 326 g/mol. The van der Waals surface area contributed by atoms with Crippen LogP contribution in [0.4, 0.5) is 0 Å². The molecule has 0 aliphatic carbocycles. The molecule has 5 nitrogen and oxygen atoms in total. The molecular formula is C16H26N2O3S. The lowest BCUT2D eigenvalue weighted by molar-refractivity contribution is 0.0465. The molecule has 22 heavy (non-hydrogen) atoms. The van der Waals surface area contributed by atoms with Crippen LogP contribution in [-0.4, -0.2) is 55.5 Å². The van der Waals surface area contributed by atoms with E-state index in [9.17, 15) is 13.5 Å². The lowest BCUT2D eigenvalue weighted by Crippen LogP contribution is -2.33. The van der Waals surface area contributed by atoms with Crippen LogP contribution >= 0.6 is 0 Å². The third kappa shape index (κ3) is 4.29. The van der Waals surface area contributed by atoms with Gasteiger partial charge in [-0.15, -0.1) is 0 Å². The fraction of sp³-hybridized carbons (Fsp3) is 0.625. The highest BCUT2D eigenvalue weighted by Gasteiger charge is 2.31. The first-order valence-electron chi connectivity index (χ1n) is 7.67. The summed E-state index contributed by atoms with van der Waals surface area (Å²) in [7, 11) is 0.488. The van der Waals surface area contributed by atoms with E-state index in [0.29, 0.717) is 37.2 Å². The van der Waals surface area contributed by atoms with Crippen molar-refractivity contribution in [3.63, 3.8) is 0 Å². The molecule has 1 unspecified atom stereocenters. The summed E-state index contributed by atoms with van der Waals surface area (Å²) in [6.45, 7) is 3.40. The second kappa shape index (κ2) is 6.66. The van der Waals surface area contributed by atoms with E-state index in [0.717, 1.165) is 12.1 Å². The maximum absolute atomic E-state index is 12.7. The summed E-state index contributed by atoms with van der Waals surface area (Å²) in [5.41, 5.74) is 0.322. The highest BCUT2D eigenvalue weighted by molar-refractivity contribution is 7.89. The van der Waals surface area contributed by atoms with E-state index in [1.807, 2.05) is 31.1 Å². The van der Waals surface area contributed by atoms with Gasteiger partial charge in [0.1, 0.15) is 0 Å². The van der Waals surface area contributed by atoms with Crippen molar-refractivity contribution in [2.45, 2.75) is 43.2 Å². The smallest absolute Gasteiger partial charge is 0.243 e. The zero-order valence-corrected chi connectivity index (χ0v) is 14.4. The summed E-state index contributed by atoms with van der Waals surface area (Å²) >= 11 is 0. The van der Waals surface area contributed by atoms with E-state index >= 15 is 0 Å². The van der Waals surface area contributed by atoms with E-state index in [1.54, 1.807) is 19.1 Å². The molecule has 2 rings (SSSR count). The maximum Gasteiger partial charge on any atom is 0.243 e. The second-order valence-corrected chi connectivity index (χ2v) is 8.57. The lowest BCUT2D eigenvalue weighted by Gasteiger charge is -2.22. The lowest BCUT2D eigenvalue weighted by atomic mass is 9.98. The van der Waals surface area contributed by atoms with Gasteiger partial charge in [-0.3, -0.25) is 0 Å². The van der Waals surface area contributed by atoms with Crippen molar-refractivity contribution in [3.05, 3.63) is 29.8 Å². The minimum atomic E-state index is -3.47. The zero-order valence-electron chi connectivity index (χ0n) is 13.6. The summed E-state index contributed by atoms with van der Waals surface area (Å²) in [6.07, 6.45) is 1.80. The van der Waals surface area contributed by atoms with Crippen molar-refractivity contribution in [1.29, 1.82) is 0 Å². The number of sulfonamides is 1. The van der Waals surface area contributed by atoms with E-state index in [1.165, 1.54) is 4.31 Å². The van der Waals surface area contributed by atoms with E-state index in [-0.39, 0.29) is 0 Å². The van der Waals surface area contributed by atoms with Gasteiger partial charge in [0.2, 0.25) is 10.0 Å². The molecule has 0 amide bonds. The number of aliphatic hydroxyl groups is 1. The predicted octanol–water partition coefficient (Wildman–Crippen LogP) is 1.67. The van der Waals surface area contributed by atoms with Gasteiger partial charge in [-0.05, 0) is 58.0 Å². The molecule has 0 spiro atoms. The maximum atomic E-state index is 12.7. The van der Waals surface area contributed by atoms with Crippen molar-refractivity contribution in [3.8, 4) is 0 Å². The van der Waals surface area contributed by atoms with Crippen LogP contribution in [0.25, 0.3) is 0 Å². The van der Waals surface area contributed by atoms with Crippen LogP contribution in [0.3, 0.4) is 0 Å². The number of hydrogen-bond donors (Lipinski definition) is 1. The quantitative estimate of drug-likeness (QED) is 0.914. The van der Waals surface area contributed by atoms with E-state index < -0.39 is 15.6 Å². The SMILES string of the molecule is CN(C)Cc1ccc(S(=O)(=O)N2CCCC(C)(O)CC2)cc1. The van der Waals surface area contributed by atoms with Gasteiger partial charge in [0.25, 0.3) is 0 Å². The van der Waals surface area contributed by atoms with Gasteiger partial charge in [-0.25, -0.2) is 8.42 Å². The van der Waals surface area contributed by atoms with Crippen LogP contribution in [0.5, 0.6) is 0 Å². The van der Waals surface area contributed by atoms with E-state index in [2.05, 4.69) is 0 Å². The molecule has 124 valence electrons. The van der Waals surface area contributed by atoms with Crippen LogP contribution in [0.2, 0.25) is 0 Å². The van der Waals surface area contributed by atoms with Crippen molar-refractivity contribution in [1.82, 2.24) is 9.21 Å². The fourth-order valence-electron chi connectivity index (χ4n) is 2.76. The predicted molar refractivity (Wildman–Crippen MR) is 87.1 cm³/mol. The highest BCUT2D eigenvalue weighted by Crippen LogP contribution is 2.25. The summed E-state index contributed by atoms with van der Waals surface area (Å²) in [4.78, 5) is 2.37. The summed E-state index contributed by atoms with van der Waals surface area (Å²) in [6, 6.07) is 7.08. The third-order valence-electron chi connectivity index (χ3n) is 4.08. The second-order valence-electron chi connectivity index (χ2n) is 6.64. The van der Waals surface area contributed by atoms with Crippen LogP contribution < -0.4 is 0 Å². The molecule has 1 heterocycles. The molecule has 1 saturated heterocycles. The molecule has 0 aromatic heterocycles. The highest BCUT2D eigenvalue weighted by atomic mass is 32.2. The normalized spacial score (nSPS) is 24.4. The molecule has 1 aliphatic heterocycles. The van der Waals surface area contributed by atoms with Gasteiger partial charge < -0.3 is 10.0 Å². The van der Waals surface area contributed by atoms with Crippen LogP contribution in [0.15, 0.2) is 29.2 Å². The number of benzene rings is 1. The average Bonchev–Trinajstić information content (AvgIpc) is 2.60. The fourth-order valence-corrected chi connectivity index (χ4v) is 4.24. The van der Waals surface area contributed by atoms with Gasteiger partial charge in [0, 0.05) is 19.6 Å². The summed E-state index contributed by atoms with van der Waals surface area (Å²) < 4.78 is 26.9. The topological polar surface area (TPSA) is 60.9 Å². The molecule has 1 aromatic rings. The molecule has 1 N–H and O–H groups in total. The Kier molecular flexibility index (Phi) is 5.27. The molecule has 1 aromatic carbocycles. The Morgan fingerprint density at radius 2 is 1.82 bits per heavy atom. The number of nitrogens with zero attached hydrogens (tertiary/aromatic N) is 2. The molecule has 1 aliphatic rings. The summed E-state index contributed by atoms with van der Waals surface area (Å²) in [5, 5.41) is 10.1. The third-order valence-corrected chi connectivity index (χ3v) is 6.00. The standard InChI is InChI=1S/C16H26N2O3S/c1-16(19)9-4-11-18(12-10-16)22(20,21)15-7-5-14(6-8-15)13-17(2)3/h5-8,19H,4,9-13H2,1-3H3. The van der Waals surface area contributed by atoms with Gasteiger partial charge in [0.15, 0.2) is 0 Å². The Morgan fingerprint density at radius 3 is 2.41 bits per heavy atom. The van der Waals surface area contributed by atoms with Crippen LogP contribution in [-0.2, 0) is 16.6 Å². The molecule has 0 radical (unpaired) electrons. The Labute approximate surface area is 133 Å². The van der Waals surface area contributed by atoms with E-state index in [4.69, 9.17) is 0 Å². The number of hydrogen-bond acceptors (Lipinski definition) is 4. The molecule has 0 bridgehead atoms. The zero-order chi connectivity index (χ0) is 16.4. The number of rotatable bonds is 4. The average molecular weight is 326 g/mol. The van der Waals surface area contributed by atoms with Crippen LogP contribution in [0.1, 0.15) is 31.7 Å². The van der Waals surface area contributed by atoms with Crippen molar-refractivity contribution < 1.29 is 13.5 Å². The van der Waals surface area contributed by atoms with Crippen molar-refractivity contribution in [2.24, 2.45) is 0 Å². The molecule has 0 saturated carbocycles. The van der Waals surface area contributed by atoms with Gasteiger partial charge in [-0.1, -0.05) is 12.1 Å². The summed E-state index contributed by atoms with van der Waals surface area (Å²) in [5.74, 6) is 0.